The number of hydrogen-bond acceptors (Lipinski definition) is 4. The molecule has 1 aromatic rings. The first-order valence-electron chi connectivity index (χ1n) is 6.50. The molecular formula is C13H24N4. The molecule has 0 radical (unpaired) electrons. The van der Waals surface area contributed by atoms with E-state index in [4.69, 9.17) is 5.73 Å². The van der Waals surface area contributed by atoms with E-state index in [0.29, 0.717) is 17.8 Å². The van der Waals surface area contributed by atoms with Gasteiger partial charge in [0.1, 0.15) is 5.82 Å². The lowest BCUT2D eigenvalue weighted by Gasteiger charge is -2.28. The largest absolute Gasteiger partial charge is 0.382 e. The molecule has 1 aromatic heterocycles. The van der Waals surface area contributed by atoms with E-state index in [1.54, 1.807) is 0 Å². The lowest BCUT2D eigenvalue weighted by Crippen LogP contribution is -2.35. The molecule has 0 bridgehead atoms. The van der Waals surface area contributed by atoms with Crippen molar-refractivity contribution in [2.24, 2.45) is 0 Å². The first-order valence-corrected chi connectivity index (χ1v) is 6.50. The smallest absolute Gasteiger partial charge is 0.146 e. The number of anilines is 1. The zero-order valence-corrected chi connectivity index (χ0v) is 11.3. The van der Waals surface area contributed by atoms with Crippen molar-refractivity contribution in [3.63, 3.8) is 0 Å². The maximum atomic E-state index is 5.60. The van der Waals surface area contributed by atoms with Gasteiger partial charge in [-0.1, -0.05) is 13.8 Å². The summed E-state index contributed by atoms with van der Waals surface area (Å²) in [6, 6.07) is 2.48. The third-order valence-electron chi connectivity index (χ3n) is 3.05. The Balaban J connectivity index is 0.000000686. The maximum Gasteiger partial charge on any atom is 0.146 e. The summed E-state index contributed by atoms with van der Waals surface area (Å²) in [5.41, 5.74) is 7.89. The molecule has 0 aromatic carbocycles. The Morgan fingerprint density at radius 2 is 2.06 bits per heavy atom. The van der Waals surface area contributed by atoms with E-state index in [9.17, 15) is 0 Å². The van der Waals surface area contributed by atoms with Gasteiger partial charge in [0.25, 0.3) is 0 Å². The van der Waals surface area contributed by atoms with Crippen molar-refractivity contribution < 1.29 is 0 Å². The van der Waals surface area contributed by atoms with E-state index in [-0.39, 0.29) is 0 Å². The van der Waals surface area contributed by atoms with E-state index in [1.807, 2.05) is 19.9 Å². The molecule has 2 heterocycles. The zero-order chi connectivity index (χ0) is 12.8. The molecule has 3 N–H and O–H groups in total. The number of nitrogens with zero attached hydrogens (tertiary/aromatic N) is 2. The van der Waals surface area contributed by atoms with Crippen LogP contribution < -0.4 is 11.1 Å². The van der Waals surface area contributed by atoms with Gasteiger partial charge >= 0.3 is 0 Å². The molecule has 1 aliphatic rings. The van der Waals surface area contributed by atoms with Gasteiger partial charge < -0.3 is 11.1 Å². The van der Waals surface area contributed by atoms with Gasteiger partial charge in [0.15, 0.2) is 0 Å². The van der Waals surface area contributed by atoms with Crippen molar-refractivity contribution >= 4 is 5.82 Å². The predicted octanol–water partition coefficient (Wildman–Crippen LogP) is 2.25. The van der Waals surface area contributed by atoms with Crippen molar-refractivity contribution in [3.8, 4) is 0 Å². The van der Waals surface area contributed by atoms with Crippen molar-refractivity contribution in [2.75, 3.05) is 12.3 Å². The minimum Gasteiger partial charge on any atom is -0.382 e. The molecule has 0 aliphatic carbocycles. The van der Waals surface area contributed by atoms with Crippen LogP contribution in [0.5, 0.6) is 0 Å². The monoisotopic (exact) mass is 236 g/mol. The molecule has 1 saturated heterocycles. The summed E-state index contributed by atoms with van der Waals surface area (Å²) in [4.78, 5) is 0. The minimum atomic E-state index is 0.512. The number of piperidine rings is 1. The fourth-order valence-corrected chi connectivity index (χ4v) is 2.30. The Hall–Kier alpha value is -1.16. The van der Waals surface area contributed by atoms with Gasteiger partial charge in [-0.3, -0.25) is 0 Å². The van der Waals surface area contributed by atoms with Crippen LogP contribution in [0.2, 0.25) is 0 Å². The van der Waals surface area contributed by atoms with Crippen molar-refractivity contribution in [1.29, 1.82) is 0 Å². The summed E-state index contributed by atoms with van der Waals surface area (Å²) in [6.07, 6.45) is 2.28. The van der Waals surface area contributed by atoms with Crippen LogP contribution in [0.3, 0.4) is 0 Å². The maximum absolute atomic E-state index is 5.60. The molecule has 1 aliphatic heterocycles. The van der Waals surface area contributed by atoms with Crippen LogP contribution in [0.15, 0.2) is 6.07 Å². The van der Waals surface area contributed by atoms with Crippen LogP contribution in [0, 0.1) is 6.92 Å². The number of nitrogen functional groups attached to an aromatic ring is 1. The molecule has 96 valence electrons. The van der Waals surface area contributed by atoms with Crippen LogP contribution in [0.25, 0.3) is 0 Å². The van der Waals surface area contributed by atoms with Gasteiger partial charge in [-0.25, -0.2) is 0 Å². The standard InChI is InChI=1S/C11H18N4.C2H6/c1-7-5-10(12)14-15-11(7)9-3-4-13-8(2)6-9;1-2/h5,8-9,13H,3-4,6H2,1-2H3,(H2,12,14);1-2H3. The fourth-order valence-electron chi connectivity index (χ4n) is 2.30. The highest BCUT2D eigenvalue weighted by atomic mass is 15.1. The molecule has 17 heavy (non-hydrogen) atoms. The normalized spacial score (nSPS) is 23.8. The number of nitrogens with one attached hydrogen (secondary N) is 1. The van der Waals surface area contributed by atoms with Gasteiger partial charge in [0.05, 0.1) is 5.69 Å². The summed E-state index contributed by atoms with van der Waals surface area (Å²) >= 11 is 0. The Morgan fingerprint density at radius 1 is 1.35 bits per heavy atom. The van der Waals surface area contributed by atoms with Gasteiger partial charge in [0.2, 0.25) is 0 Å². The lowest BCUT2D eigenvalue weighted by atomic mass is 9.88. The summed E-state index contributed by atoms with van der Waals surface area (Å²) < 4.78 is 0. The number of aryl methyl sites for hydroxylation is 1. The Kier molecular flexibility index (Phi) is 5.35. The van der Waals surface area contributed by atoms with E-state index in [2.05, 4.69) is 29.4 Å². The summed E-state index contributed by atoms with van der Waals surface area (Å²) in [5, 5.41) is 11.6. The number of nitrogens with two attached hydrogens (primary N) is 1. The van der Waals surface area contributed by atoms with Crippen LogP contribution in [-0.2, 0) is 0 Å². The van der Waals surface area contributed by atoms with E-state index in [1.165, 1.54) is 5.56 Å². The average molecular weight is 236 g/mol. The first kappa shape index (κ1) is 13.9. The number of rotatable bonds is 1. The summed E-state index contributed by atoms with van der Waals surface area (Å²) in [7, 11) is 0. The molecule has 2 rings (SSSR count). The molecule has 2 atom stereocenters. The fraction of sp³-hybridized carbons (Fsp3) is 0.692. The zero-order valence-electron chi connectivity index (χ0n) is 11.3. The predicted molar refractivity (Wildman–Crippen MR) is 72.0 cm³/mol. The summed E-state index contributed by atoms with van der Waals surface area (Å²) in [5.74, 6) is 1.05. The second-order valence-electron chi connectivity index (χ2n) is 4.41. The van der Waals surface area contributed by atoms with Crippen LogP contribution in [-0.4, -0.2) is 22.8 Å². The first-order chi connectivity index (χ1) is 8.16. The van der Waals surface area contributed by atoms with Crippen molar-refractivity contribution in [2.45, 2.75) is 52.5 Å². The molecule has 0 spiro atoms. The molecule has 0 amide bonds. The Morgan fingerprint density at radius 3 is 2.65 bits per heavy atom. The van der Waals surface area contributed by atoms with Gasteiger partial charge in [-0.05, 0) is 44.9 Å². The highest BCUT2D eigenvalue weighted by molar-refractivity contribution is 5.33. The topological polar surface area (TPSA) is 63.8 Å². The molecule has 4 nitrogen and oxygen atoms in total. The second kappa shape index (κ2) is 6.55. The van der Waals surface area contributed by atoms with E-state index >= 15 is 0 Å². The number of aromatic nitrogens is 2. The van der Waals surface area contributed by atoms with Crippen LogP contribution in [0.4, 0.5) is 5.82 Å². The highest BCUT2D eigenvalue weighted by Crippen LogP contribution is 2.28. The molecule has 2 unspecified atom stereocenters. The number of hydrogen-bond donors (Lipinski definition) is 2. The average Bonchev–Trinajstić information content (AvgIpc) is 2.31. The lowest BCUT2D eigenvalue weighted by molar-refractivity contribution is 0.374. The molecule has 1 fully saturated rings. The van der Waals surface area contributed by atoms with Crippen molar-refractivity contribution in [3.05, 3.63) is 17.3 Å². The van der Waals surface area contributed by atoms with Gasteiger partial charge in [-0.15, -0.1) is 5.10 Å². The van der Waals surface area contributed by atoms with Gasteiger partial charge in [0, 0.05) is 12.0 Å². The molecular weight excluding hydrogens is 212 g/mol. The SMILES string of the molecule is CC.Cc1cc(N)nnc1C1CCNC(C)C1. The van der Waals surface area contributed by atoms with Crippen LogP contribution in [0.1, 0.15) is 50.8 Å². The quantitative estimate of drug-likeness (QED) is 0.785. The second-order valence-corrected chi connectivity index (χ2v) is 4.41. The highest BCUT2D eigenvalue weighted by Gasteiger charge is 2.22. The van der Waals surface area contributed by atoms with Crippen LogP contribution >= 0.6 is 0 Å². The van der Waals surface area contributed by atoms with Crippen molar-refractivity contribution in [1.82, 2.24) is 15.5 Å². The Labute approximate surface area is 104 Å². The Bertz CT molecular complexity index is 351. The van der Waals surface area contributed by atoms with E-state index < -0.39 is 0 Å². The van der Waals surface area contributed by atoms with E-state index in [0.717, 1.165) is 25.1 Å². The molecule has 0 saturated carbocycles. The third kappa shape index (κ3) is 3.66. The summed E-state index contributed by atoms with van der Waals surface area (Å²) in [6.45, 7) is 9.34. The third-order valence-corrected chi connectivity index (χ3v) is 3.05. The van der Waals surface area contributed by atoms with Gasteiger partial charge in [-0.2, -0.15) is 5.10 Å². The molecule has 4 heteroatoms. The minimum absolute atomic E-state index is 0.512.